The molecule has 2 unspecified atom stereocenters. The van der Waals surface area contributed by atoms with Crippen molar-refractivity contribution in [2.24, 2.45) is 0 Å². The second-order valence-corrected chi connectivity index (χ2v) is 3.91. The molecule has 17 heavy (non-hydrogen) atoms. The molecule has 5 nitrogen and oxygen atoms in total. The molecule has 2 rings (SSSR count). The third-order valence-electron chi connectivity index (χ3n) is 2.01. The summed E-state index contributed by atoms with van der Waals surface area (Å²) in [6.07, 6.45) is 0. The molecular formula is C10H15NO4P2. The highest BCUT2D eigenvalue weighted by molar-refractivity contribution is 7.09. The van der Waals surface area contributed by atoms with Crippen LogP contribution in [0.15, 0.2) is 24.3 Å². The lowest BCUT2D eigenvalue weighted by molar-refractivity contribution is -0.121. The van der Waals surface area contributed by atoms with Crippen molar-refractivity contribution in [2.45, 2.75) is 0 Å². The zero-order valence-corrected chi connectivity index (χ0v) is 11.8. The van der Waals surface area contributed by atoms with Crippen molar-refractivity contribution < 1.29 is 18.6 Å². The van der Waals surface area contributed by atoms with Crippen LogP contribution in [0, 0.1) is 0 Å². The van der Waals surface area contributed by atoms with Crippen molar-refractivity contribution in [3.05, 3.63) is 24.3 Å². The summed E-state index contributed by atoms with van der Waals surface area (Å²) in [5.74, 6) is 0.625. The first-order valence-electron chi connectivity index (χ1n) is 4.81. The number of hydrogen-bond donors (Lipinski definition) is 0. The Morgan fingerprint density at radius 1 is 1.41 bits per heavy atom. The summed E-state index contributed by atoms with van der Waals surface area (Å²) in [5.41, 5.74) is 0.756. The molecule has 0 spiro atoms. The molecule has 0 saturated heterocycles. The van der Waals surface area contributed by atoms with Crippen LogP contribution >= 0.6 is 18.9 Å². The van der Waals surface area contributed by atoms with E-state index < -0.39 is 0 Å². The minimum absolute atomic E-state index is 0.0744. The van der Waals surface area contributed by atoms with E-state index in [2.05, 4.69) is 23.5 Å². The molecule has 0 bridgehead atoms. The predicted molar refractivity (Wildman–Crippen MR) is 71.8 cm³/mol. The summed E-state index contributed by atoms with van der Waals surface area (Å²) in [6.45, 7) is 0.301. The number of amides is 1. The van der Waals surface area contributed by atoms with E-state index in [0.717, 1.165) is 5.69 Å². The van der Waals surface area contributed by atoms with Crippen molar-refractivity contribution >= 4 is 30.5 Å². The monoisotopic (exact) mass is 275 g/mol. The lowest BCUT2D eigenvalue weighted by Gasteiger charge is -2.28. The molecule has 0 radical (unpaired) electrons. The number of hydrogen-bond acceptors (Lipinski definition) is 4. The van der Waals surface area contributed by atoms with Crippen LogP contribution < -0.4 is 9.64 Å². The molecule has 1 aliphatic heterocycles. The quantitative estimate of drug-likeness (QED) is 0.769. The fourth-order valence-electron chi connectivity index (χ4n) is 1.37. The van der Waals surface area contributed by atoms with Crippen LogP contribution in [0.25, 0.3) is 0 Å². The number of ether oxygens (including phenoxy) is 1. The summed E-state index contributed by atoms with van der Waals surface area (Å²) in [4.78, 5) is 13.0. The maximum Gasteiger partial charge on any atom is 0.266 e. The lowest BCUT2D eigenvalue weighted by atomic mass is 10.2. The van der Waals surface area contributed by atoms with Crippen LogP contribution in [-0.4, -0.2) is 26.4 Å². The molecule has 0 aliphatic carbocycles. The molecule has 7 heteroatoms. The van der Waals surface area contributed by atoms with Crippen molar-refractivity contribution in [1.29, 1.82) is 0 Å². The van der Waals surface area contributed by atoms with Crippen LogP contribution in [0.2, 0.25) is 0 Å². The SMILES string of the molecule is COP.O=C1COc2ccccc2N1COP. The van der Waals surface area contributed by atoms with Crippen molar-refractivity contribution in [2.75, 3.05) is 25.3 Å². The third-order valence-corrected chi connectivity index (χ3v) is 2.16. The Morgan fingerprint density at radius 3 is 2.71 bits per heavy atom. The molecule has 0 aromatic heterocycles. The van der Waals surface area contributed by atoms with Gasteiger partial charge in [-0.05, 0) is 21.6 Å². The summed E-state index contributed by atoms with van der Waals surface area (Å²) < 4.78 is 14.3. The van der Waals surface area contributed by atoms with Crippen molar-refractivity contribution in [3.8, 4) is 5.75 Å². The Labute approximate surface area is 105 Å². The maximum absolute atomic E-state index is 11.5. The average molecular weight is 275 g/mol. The number of carbonyl (C=O) groups is 1. The lowest BCUT2D eigenvalue weighted by Crippen LogP contribution is -2.39. The number of para-hydroxylation sites is 2. The fourth-order valence-corrected chi connectivity index (χ4v) is 1.52. The van der Waals surface area contributed by atoms with E-state index >= 15 is 0 Å². The van der Waals surface area contributed by atoms with Gasteiger partial charge >= 0.3 is 0 Å². The first-order valence-corrected chi connectivity index (χ1v) is 5.75. The number of carbonyl (C=O) groups excluding carboxylic acids is 1. The molecule has 1 aromatic carbocycles. The van der Waals surface area contributed by atoms with Gasteiger partial charge in [0.2, 0.25) is 0 Å². The Kier molecular flexibility index (Phi) is 6.38. The highest BCUT2D eigenvalue weighted by Gasteiger charge is 2.24. The maximum atomic E-state index is 11.5. The third kappa shape index (κ3) is 3.90. The zero-order valence-electron chi connectivity index (χ0n) is 9.46. The first kappa shape index (κ1) is 14.3. The van der Waals surface area contributed by atoms with E-state index in [9.17, 15) is 4.79 Å². The summed E-state index contributed by atoms with van der Waals surface area (Å²) >= 11 is 0. The van der Waals surface area contributed by atoms with Gasteiger partial charge in [0.1, 0.15) is 12.5 Å². The topological polar surface area (TPSA) is 48.0 Å². The van der Waals surface area contributed by atoms with Crippen molar-refractivity contribution in [1.82, 2.24) is 0 Å². The molecule has 94 valence electrons. The van der Waals surface area contributed by atoms with Crippen LogP contribution in [0.4, 0.5) is 5.69 Å². The van der Waals surface area contributed by atoms with E-state index in [-0.39, 0.29) is 19.2 Å². The molecule has 1 amide bonds. The number of fused-ring (bicyclic) bond motifs is 1. The van der Waals surface area contributed by atoms with Crippen molar-refractivity contribution in [3.63, 3.8) is 0 Å². The van der Waals surface area contributed by atoms with Gasteiger partial charge in [0.25, 0.3) is 5.91 Å². The van der Waals surface area contributed by atoms with Gasteiger partial charge in [-0.2, -0.15) is 0 Å². The predicted octanol–water partition coefficient (Wildman–Crippen LogP) is 1.60. The number of nitrogens with zero attached hydrogens (tertiary/aromatic N) is 1. The number of benzene rings is 1. The summed E-state index contributed by atoms with van der Waals surface area (Å²) in [6, 6.07) is 7.39. The molecule has 0 fully saturated rings. The second-order valence-electron chi connectivity index (χ2n) is 3.11. The fraction of sp³-hybridized carbons (Fsp3) is 0.300. The minimum Gasteiger partial charge on any atom is -0.482 e. The standard InChI is InChI=1S/C9H10NO3P.CH5OP/c11-9-5-12-8-4-2-1-3-7(8)10(9)6-13-14;1-2-3/h1-4H,5-6,14H2;3H2,1H3. The van der Waals surface area contributed by atoms with Gasteiger partial charge in [0.15, 0.2) is 6.61 Å². The van der Waals surface area contributed by atoms with E-state index in [4.69, 9.17) is 9.26 Å². The van der Waals surface area contributed by atoms with E-state index in [0.29, 0.717) is 5.75 Å². The van der Waals surface area contributed by atoms with Crippen LogP contribution in [0.3, 0.4) is 0 Å². The van der Waals surface area contributed by atoms with Gasteiger partial charge in [-0.3, -0.25) is 9.69 Å². The number of anilines is 1. The smallest absolute Gasteiger partial charge is 0.266 e. The second kappa shape index (κ2) is 7.57. The molecule has 2 atom stereocenters. The largest absolute Gasteiger partial charge is 0.482 e. The highest BCUT2D eigenvalue weighted by atomic mass is 31.0. The van der Waals surface area contributed by atoms with Crippen LogP contribution in [0.1, 0.15) is 0 Å². The van der Waals surface area contributed by atoms with Crippen LogP contribution in [-0.2, 0) is 13.8 Å². The molecule has 1 aliphatic rings. The first-order chi connectivity index (χ1) is 8.24. The molecule has 0 N–H and O–H groups in total. The molecule has 1 aromatic rings. The van der Waals surface area contributed by atoms with Gasteiger partial charge in [0.05, 0.1) is 5.69 Å². The van der Waals surface area contributed by atoms with Gasteiger partial charge < -0.3 is 13.8 Å². The Morgan fingerprint density at radius 2 is 2.06 bits per heavy atom. The normalized spacial score (nSPS) is 13.4. The van der Waals surface area contributed by atoms with E-state index in [1.807, 2.05) is 24.3 Å². The molecule has 0 saturated carbocycles. The number of rotatable bonds is 2. The van der Waals surface area contributed by atoms with E-state index in [1.54, 1.807) is 12.0 Å². The van der Waals surface area contributed by atoms with E-state index in [1.165, 1.54) is 0 Å². The van der Waals surface area contributed by atoms with Gasteiger partial charge in [-0.15, -0.1) is 0 Å². The van der Waals surface area contributed by atoms with Gasteiger partial charge in [-0.25, -0.2) is 0 Å². The minimum atomic E-state index is -0.0915. The summed E-state index contributed by atoms with van der Waals surface area (Å²) in [5, 5.41) is 0. The highest BCUT2D eigenvalue weighted by Crippen LogP contribution is 2.31. The Bertz CT molecular complexity index is 375. The Hall–Kier alpha value is -0.730. The van der Waals surface area contributed by atoms with Gasteiger partial charge in [0, 0.05) is 16.6 Å². The molecule has 1 heterocycles. The Balaban J connectivity index is 0.000000437. The zero-order chi connectivity index (χ0) is 12.7. The molecular weight excluding hydrogens is 260 g/mol. The average Bonchev–Trinajstić information content (AvgIpc) is 2.34. The van der Waals surface area contributed by atoms with Gasteiger partial charge in [-0.1, -0.05) is 12.1 Å². The summed E-state index contributed by atoms with van der Waals surface area (Å²) in [7, 11) is 5.79. The van der Waals surface area contributed by atoms with Crippen LogP contribution in [0.5, 0.6) is 5.75 Å².